The molecule has 0 amide bonds. The Bertz CT molecular complexity index is 685. The summed E-state index contributed by atoms with van der Waals surface area (Å²) in [4.78, 5) is 28.3. The van der Waals surface area contributed by atoms with Crippen molar-refractivity contribution in [3.8, 4) is 0 Å². The summed E-state index contributed by atoms with van der Waals surface area (Å²) in [5.41, 5.74) is 1.04. The predicted octanol–water partition coefficient (Wildman–Crippen LogP) is 1.29. The highest BCUT2D eigenvalue weighted by molar-refractivity contribution is 6.13. The van der Waals surface area contributed by atoms with Gasteiger partial charge in [0.15, 0.2) is 5.78 Å². The topological polar surface area (TPSA) is 75.7 Å². The number of fused-ring (bicyclic) bond motifs is 2. The first-order valence-electron chi connectivity index (χ1n) is 6.34. The van der Waals surface area contributed by atoms with Crippen molar-refractivity contribution in [1.29, 1.82) is 0 Å². The van der Waals surface area contributed by atoms with E-state index in [4.69, 9.17) is 4.74 Å². The fraction of sp³-hybridized carbons (Fsp3) is 0.125. The van der Waals surface area contributed by atoms with Gasteiger partial charge in [0.05, 0.1) is 0 Å². The third kappa shape index (κ3) is 1.86. The zero-order chi connectivity index (χ0) is 15.0. The van der Waals surface area contributed by atoms with E-state index in [-0.39, 0.29) is 28.0 Å². The van der Waals surface area contributed by atoms with Gasteiger partial charge in [0.25, 0.3) is 5.79 Å². The van der Waals surface area contributed by atoms with Crippen LogP contribution in [0.15, 0.2) is 48.5 Å². The Morgan fingerprint density at radius 1 is 1.00 bits per heavy atom. The van der Waals surface area contributed by atoms with Crippen molar-refractivity contribution in [2.45, 2.75) is 12.7 Å². The minimum atomic E-state index is -1.94. The van der Waals surface area contributed by atoms with Crippen molar-refractivity contribution in [3.63, 3.8) is 0 Å². The summed E-state index contributed by atoms with van der Waals surface area (Å²) in [5, 5.41) is 11.5. The second-order valence-corrected chi connectivity index (χ2v) is 4.71. The van der Waals surface area contributed by atoms with Crippen LogP contribution in [0.4, 0.5) is 0 Å². The van der Waals surface area contributed by atoms with Gasteiger partial charge in [-0.05, 0) is 0 Å². The average Bonchev–Trinajstić information content (AvgIpc) is 2.51. The maximum atomic E-state index is 12.5. The quantitative estimate of drug-likeness (QED) is 0.359. The van der Waals surface area contributed by atoms with Gasteiger partial charge >= 0.3 is 5.97 Å². The molecule has 0 radical (unpaired) electrons. The molecular formula is C16H11O5-. The molecule has 5 heteroatoms. The van der Waals surface area contributed by atoms with Gasteiger partial charge in [0.2, 0.25) is 0 Å². The highest BCUT2D eigenvalue weighted by Gasteiger charge is 2.45. The van der Waals surface area contributed by atoms with Crippen LogP contribution in [-0.4, -0.2) is 11.8 Å². The predicted molar refractivity (Wildman–Crippen MR) is 69.9 cm³/mol. The monoisotopic (exact) mass is 283 g/mol. The molecule has 3 rings (SSSR count). The molecule has 0 unspecified atom stereocenters. The average molecular weight is 283 g/mol. The summed E-state index contributed by atoms with van der Waals surface area (Å²) in [7, 11) is 0. The lowest BCUT2D eigenvalue weighted by atomic mass is 9.80. The van der Waals surface area contributed by atoms with E-state index in [1.165, 1.54) is 6.92 Å². The molecular weight excluding hydrogens is 272 g/mol. The van der Waals surface area contributed by atoms with Gasteiger partial charge in [-0.2, -0.15) is 0 Å². The van der Waals surface area contributed by atoms with Crippen molar-refractivity contribution in [2.24, 2.45) is 0 Å². The van der Waals surface area contributed by atoms with Crippen LogP contribution < -0.4 is 5.26 Å². The molecule has 0 N–H and O–H groups in total. The van der Waals surface area contributed by atoms with Crippen LogP contribution in [0.5, 0.6) is 0 Å². The van der Waals surface area contributed by atoms with E-state index in [0.717, 1.165) is 0 Å². The Morgan fingerprint density at radius 2 is 1.48 bits per heavy atom. The fourth-order valence-corrected chi connectivity index (χ4v) is 2.65. The third-order valence-corrected chi connectivity index (χ3v) is 3.46. The number of ketones is 1. The standard InChI is InChI=1S/C16H12O5/c1-10(17)20-16(21-19)13-8-4-2-6-11(13)15(18)12-7-3-5-9-14(12)16/h2-9,19H,1H3/p-1. The second kappa shape index (κ2) is 4.80. The van der Waals surface area contributed by atoms with E-state index in [0.29, 0.717) is 0 Å². The largest absolute Gasteiger partial charge is 0.720 e. The molecule has 0 saturated heterocycles. The number of ether oxygens (including phenoxy) is 1. The number of esters is 1. The number of hydrogen-bond acceptors (Lipinski definition) is 5. The van der Waals surface area contributed by atoms with Gasteiger partial charge in [-0.15, -0.1) is 0 Å². The molecule has 1 aliphatic carbocycles. The van der Waals surface area contributed by atoms with Crippen LogP contribution in [-0.2, 0) is 20.2 Å². The Labute approximate surface area is 120 Å². The SMILES string of the molecule is CC(=O)OC1(O[O-])c2ccccc2C(=O)c2ccccc21. The molecule has 0 heterocycles. The molecule has 5 nitrogen and oxygen atoms in total. The van der Waals surface area contributed by atoms with Gasteiger partial charge in [0.1, 0.15) is 0 Å². The maximum absolute atomic E-state index is 12.5. The third-order valence-electron chi connectivity index (χ3n) is 3.46. The molecule has 0 saturated carbocycles. The summed E-state index contributed by atoms with van der Waals surface area (Å²) >= 11 is 0. The molecule has 1 aliphatic rings. The second-order valence-electron chi connectivity index (χ2n) is 4.71. The van der Waals surface area contributed by atoms with Gasteiger partial charge in [-0.1, -0.05) is 48.5 Å². The van der Waals surface area contributed by atoms with E-state index in [1.807, 2.05) is 0 Å². The van der Waals surface area contributed by atoms with Crippen LogP contribution in [0.25, 0.3) is 0 Å². The van der Waals surface area contributed by atoms with Crippen molar-refractivity contribution in [2.75, 3.05) is 0 Å². The Balaban J connectivity index is 2.36. The van der Waals surface area contributed by atoms with E-state index in [2.05, 4.69) is 4.89 Å². The van der Waals surface area contributed by atoms with E-state index in [9.17, 15) is 14.8 Å². The summed E-state index contributed by atoms with van der Waals surface area (Å²) in [6, 6.07) is 12.9. The molecule has 0 aromatic heterocycles. The lowest BCUT2D eigenvalue weighted by molar-refractivity contribution is -0.735. The fourth-order valence-electron chi connectivity index (χ4n) is 2.65. The Morgan fingerprint density at radius 3 is 1.90 bits per heavy atom. The first kappa shape index (κ1) is 13.5. The van der Waals surface area contributed by atoms with Crippen LogP contribution >= 0.6 is 0 Å². The molecule has 0 fully saturated rings. The van der Waals surface area contributed by atoms with Crippen LogP contribution in [0.1, 0.15) is 34.0 Å². The van der Waals surface area contributed by atoms with Crippen molar-refractivity contribution in [3.05, 3.63) is 70.8 Å². The lowest BCUT2D eigenvalue weighted by Gasteiger charge is -2.40. The van der Waals surface area contributed by atoms with Crippen LogP contribution in [0, 0.1) is 0 Å². The summed E-state index contributed by atoms with van der Waals surface area (Å²) < 4.78 is 5.20. The zero-order valence-corrected chi connectivity index (χ0v) is 11.2. The van der Waals surface area contributed by atoms with Gasteiger partial charge in [0, 0.05) is 29.2 Å². The van der Waals surface area contributed by atoms with Gasteiger partial charge in [-0.25, -0.2) is 0 Å². The number of hydrogen-bond donors (Lipinski definition) is 0. The number of benzene rings is 2. The highest BCUT2D eigenvalue weighted by atomic mass is 17.1. The van der Waals surface area contributed by atoms with Crippen LogP contribution in [0.2, 0.25) is 0 Å². The highest BCUT2D eigenvalue weighted by Crippen LogP contribution is 2.42. The maximum Gasteiger partial charge on any atom is 0.305 e. The van der Waals surface area contributed by atoms with Gasteiger partial charge < -0.3 is 14.9 Å². The normalized spacial score (nSPS) is 15.0. The van der Waals surface area contributed by atoms with E-state index < -0.39 is 11.8 Å². The Kier molecular flexibility index (Phi) is 3.08. The first-order chi connectivity index (χ1) is 10.1. The molecule has 0 bridgehead atoms. The number of rotatable bonds is 2. The molecule has 106 valence electrons. The molecule has 2 aromatic rings. The molecule has 0 aliphatic heterocycles. The summed E-state index contributed by atoms with van der Waals surface area (Å²) in [6.07, 6.45) is 0. The minimum absolute atomic E-state index is 0.235. The van der Waals surface area contributed by atoms with E-state index >= 15 is 0 Å². The Hall–Kier alpha value is -2.50. The number of carbonyl (C=O) groups is 2. The van der Waals surface area contributed by atoms with Crippen LogP contribution in [0.3, 0.4) is 0 Å². The molecule has 2 aromatic carbocycles. The minimum Gasteiger partial charge on any atom is -0.720 e. The summed E-state index contributed by atoms with van der Waals surface area (Å²) in [5.74, 6) is -2.85. The van der Waals surface area contributed by atoms with Crippen molar-refractivity contribution >= 4 is 11.8 Å². The smallest absolute Gasteiger partial charge is 0.305 e. The number of carbonyl (C=O) groups excluding carboxylic acids is 2. The molecule has 0 atom stereocenters. The van der Waals surface area contributed by atoms with Crippen molar-refractivity contribution in [1.82, 2.24) is 0 Å². The first-order valence-corrected chi connectivity index (χ1v) is 6.34. The lowest BCUT2D eigenvalue weighted by Crippen LogP contribution is -2.44. The van der Waals surface area contributed by atoms with Crippen molar-refractivity contribution < 1.29 is 24.5 Å². The zero-order valence-electron chi connectivity index (χ0n) is 11.2. The molecule has 21 heavy (non-hydrogen) atoms. The molecule has 0 spiro atoms. The van der Waals surface area contributed by atoms with Gasteiger partial charge in [-0.3, -0.25) is 9.59 Å². The van der Waals surface area contributed by atoms with E-state index in [1.54, 1.807) is 48.5 Å². The summed E-state index contributed by atoms with van der Waals surface area (Å²) in [6.45, 7) is 1.18.